The molecule has 2 aliphatic rings. The molecule has 0 aliphatic carbocycles. The summed E-state index contributed by atoms with van der Waals surface area (Å²) in [5, 5.41) is 108. The van der Waals surface area contributed by atoms with Crippen LogP contribution < -0.4 is 15.5 Å². The Hall–Kier alpha value is -3.75. The van der Waals surface area contributed by atoms with Crippen molar-refractivity contribution in [2.24, 2.45) is 0 Å². The van der Waals surface area contributed by atoms with Crippen molar-refractivity contribution in [3.05, 3.63) is 40.1 Å². The standard InChI is InChI=1S/C40H57NO16/c1-3-4-5-6-7-8-9-10-11-12-15-41-18-22-24(43)17-26(45)28-31(48)38(36(56-37(22)28)21-13-14-23(42)25(44)16-21)57-40-35(52)33(50)30(47)27(55-40)19-53-39-34(51)32(49)29(46)20(2)54-39/h13-14,16-17,20,27,29-30,32-35,39-47,49-52H,3-12,15,18-19H2,1-2H3. The van der Waals surface area contributed by atoms with Gasteiger partial charge in [0.2, 0.25) is 17.5 Å². The summed E-state index contributed by atoms with van der Waals surface area (Å²) in [6.45, 7) is 3.65. The molecule has 0 bridgehead atoms. The monoisotopic (exact) mass is 807 g/mol. The first-order valence-electron chi connectivity index (χ1n) is 19.7. The molecule has 57 heavy (non-hydrogen) atoms. The Labute approximate surface area is 329 Å². The molecular formula is C40H57NO16. The number of aliphatic hydroxyl groups excluding tert-OH is 6. The van der Waals surface area contributed by atoms with E-state index in [0.717, 1.165) is 43.9 Å². The largest absolute Gasteiger partial charge is 0.507 e. The molecule has 17 heteroatoms. The molecule has 2 aromatic carbocycles. The minimum atomic E-state index is -1.99. The highest BCUT2D eigenvalue weighted by molar-refractivity contribution is 5.91. The second-order valence-corrected chi connectivity index (χ2v) is 14.9. The lowest BCUT2D eigenvalue weighted by atomic mass is 9.98. The Kier molecular flexibility index (Phi) is 15.8. The van der Waals surface area contributed by atoms with Gasteiger partial charge >= 0.3 is 0 Å². The van der Waals surface area contributed by atoms with E-state index >= 15 is 0 Å². The highest BCUT2D eigenvalue weighted by atomic mass is 16.7. The summed E-state index contributed by atoms with van der Waals surface area (Å²) in [6, 6.07) is 4.44. The number of hydrogen-bond donors (Lipinski definition) is 11. The number of benzene rings is 2. The number of hydrogen-bond acceptors (Lipinski definition) is 17. The smallest absolute Gasteiger partial charge is 0.239 e. The summed E-state index contributed by atoms with van der Waals surface area (Å²) in [7, 11) is 0. The van der Waals surface area contributed by atoms with Crippen LogP contribution in [-0.2, 0) is 20.8 Å². The fourth-order valence-electron chi connectivity index (χ4n) is 7.06. The lowest BCUT2D eigenvalue weighted by molar-refractivity contribution is -0.318. The van der Waals surface area contributed by atoms with E-state index in [9.17, 15) is 55.9 Å². The number of nitrogens with one attached hydrogen (secondary N) is 1. The van der Waals surface area contributed by atoms with Crippen molar-refractivity contribution in [3.8, 4) is 40.1 Å². The highest BCUT2D eigenvalue weighted by Gasteiger charge is 2.48. The van der Waals surface area contributed by atoms with Crippen molar-refractivity contribution >= 4 is 11.0 Å². The molecule has 0 amide bonds. The third kappa shape index (κ3) is 10.5. The molecule has 318 valence electrons. The Bertz CT molecular complexity index is 1820. The molecule has 3 aromatic rings. The van der Waals surface area contributed by atoms with Crippen molar-refractivity contribution in [3.63, 3.8) is 0 Å². The molecule has 0 radical (unpaired) electrons. The van der Waals surface area contributed by atoms with Gasteiger partial charge in [-0.25, -0.2) is 0 Å². The molecule has 10 atom stereocenters. The van der Waals surface area contributed by atoms with Gasteiger partial charge in [-0.15, -0.1) is 0 Å². The van der Waals surface area contributed by atoms with Crippen LogP contribution in [0.3, 0.4) is 0 Å². The number of ether oxygens (including phenoxy) is 4. The molecule has 2 aliphatic heterocycles. The maximum Gasteiger partial charge on any atom is 0.239 e. The summed E-state index contributed by atoms with van der Waals surface area (Å²) in [4.78, 5) is 14.3. The van der Waals surface area contributed by atoms with E-state index < -0.39 is 102 Å². The Morgan fingerprint density at radius 3 is 1.98 bits per heavy atom. The second-order valence-electron chi connectivity index (χ2n) is 14.9. The van der Waals surface area contributed by atoms with Crippen LogP contribution in [0.5, 0.6) is 28.7 Å². The third-order valence-corrected chi connectivity index (χ3v) is 10.6. The third-order valence-electron chi connectivity index (χ3n) is 10.6. The zero-order valence-corrected chi connectivity index (χ0v) is 32.2. The van der Waals surface area contributed by atoms with E-state index in [1.807, 2.05) is 0 Å². The van der Waals surface area contributed by atoms with Gasteiger partial charge in [-0.05, 0) is 38.1 Å². The molecule has 5 rings (SSSR count). The van der Waals surface area contributed by atoms with Gasteiger partial charge in [0.25, 0.3) is 0 Å². The number of phenols is 4. The van der Waals surface area contributed by atoms with Crippen LogP contribution in [0.4, 0.5) is 0 Å². The fourth-order valence-corrected chi connectivity index (χ4v) is 7.06. The van der Waals surface area contributed by atoms with Gasteiger partial charge in [0.05, 0.1) is 18.3 Å². The van der Waals surface area contributed by atoms with Gasteiger partial charge in [0.15, 0.2) is 29.1 Å². The van der Waals surface area contributed by atoms with E-state index in [1.165, 1.54) is 51.5 Å². The van der Waals surface area contributed by atoms with Crippen LogP contribution >= 0.6 is 0 Å². The fraction of sp³-hybridized carbons (Fsp3) is 0.625. The van der Waals surface area contributed by atoms with Crippen LogP contribution in [0.2, 0.25) is 0 Å². The van der Waals surface area contributed by atoms with Crippen molar-refractivity contribution in [2.75, 3.05) is 13.2 Å². The molecule has 10 unspecified atom stereocenters. The van der Waals surface area contributed by atoms with Crippen LogP contribution in [0.15, 0.2) is 33.5 Å². The van der Waals surface area contributed by atoms with E-state index in [-0.39, 0.29) is 34.8 Å². The lowest BCUT2D eigenvalue weighted by Crippen LogP contribution is -2.61. The Morgan fingerprint density at radius 2 is 1.32 bits per heavy atom. The second kappa shape index (κ2) is 20.3. The predicted octanol–water partition coefficient (Wildman–Crippen LogP) is 2.32. The number of aromatic hydroxyl groups is 4. The SMILES string of the molecule is CCCCCCCCCCCCNCc1c(O)cc(O)c2c(=O)c(OC3OC(COC4OC(C)C(O)C(O)C4O)C(O)C(O)C3O)c(-c3ccc(O)c(O)c3)oc12. The van der Waals surface area contributed by atoms with E-state index in [1.54, 1.807) is 0 Å². The molecule has 11 N–H and O–H groups in total. The van der Waals surface area contributed by atoms with Crippen molar-refractivity contribution in [2.45, 2.75) is 146 Å². The average molecular weight is 808 g/mol. The normalized spacial score (nSPS) is 27.9. The van der Waals surface area contributed by atoms with Gasteiger partial charge in [0.1, 0.15) is 59.6 Å². The van der Waals surface area contributed by atoms with E-state index in [0.29, 0.717) is 6.54 Å². The molecular weight excluding hydrogens is 750 g/mol. The molecule has 2 fully saturated rings. The maximum absolute atomic E-state index is 14.3. The van der Waals surface area contributed by atoms with Gasteiger partial charge in [0, 0.05) is 18.2 Å². The maximum atomic E-state index is 14.3. The minimum absolute atomic E-state index is 0.0181. The Morgan fingerprint density at radius 1 is 0.684 bits per heavy atom. The van der Waals surface area contributed by atoms with Gasteiger partial charge in [-0.2, -0.15) is 0 Å². The number of phenolic OH excluding ortho intramolecular Hbond substituents is 4. The van der Waals surface area contributed by atoms with E-state index in [2.05, 4.69) is 12.2 Å². The van der Waals surface area contributed by atoms with E-state index in [4.69, 9.17) is 23.4 Å². The molecule has 3 heterocycles. The minimum Gasteiger partial charge on any atom is -0.507 e. The summed E-state index contributed by atoms with van der Waals surface area (Å²) in [5.41, 5.74) is -1.11. The summed E-state index contributed by atoms with van der Waals surface area (Å²) in [6.07, 6.45) is -4.67. The first-order chi connectivity index (χ1) is 27.2. The van der Waals surface area contributed by atoms with Gasteiger partial charge in [-0.1, -0.05) is 64.7 Å². The lowest BCUT2D eigenvalue weighted by Gasteiger charge is -2.42. The van der Waals surface area contributed by atoms with Crippen LogP contribution in [-0.4, -0.2) is 126 Å². The van der Waals surface area contributed by atoms with Gasteiger partial charge in [-0.3, -0.25) is 4.79 Å². The highest BCUT2D eigenvalue weighted by Crippen LogP contribution is 2.41. The number of unbranched alkanes of at least 4 members (excludes halogenated alkanes) is 9. The number of fused-ring (bicyclic) bond motifs is 1. The topological polar surface area (TPSA) is 281 Å². The van der Waals surface area contributed by atoms with Crippen LogP contribution in [0.1, 0.15) is 83.6 Å². The molecule has 17 nitrogen and oxygen atoms in total. The van der Waals surface area contributed by atoms with Crippen molar-refractivity contribution in [1.29, 1.82) is 0 Å². The average Bonchev–Trinajstić information content (AvgIpc) is 3.18. The first-order valence-corrected chi connectivity index (χ1v) is 19.7. The number of aliphatic hydroxyl groups is 6. The van der Waals surface area contributed by atoms with Gasteiger partial charge < -0.3 is 79.7 Å². The van der Waals surface area contributed by atoms with Crippen LogP contribution in [0.25, 0.3) is 22.3 Å². The Balaban J connectivity index is 1.38. The quantitative estimate of drug-likeness (QED) is 0.0612. The molecule has 1 aromatic heterocycles. The number of rotatable bonds is 19. The molecule has 0 saturated carbocycles. The summed E-state index contributed by atoms with van der Waals surface area (Å²) >= 11 is 0. The van der Waals surface area contributed by atoms with Crippen molar-refractivity contribution < 1.29 is 74.4 Å². The van der Waals surface area contributed by atoms with Crippen molar-refractivity contribution in [1.82, 2.24) is 5.32 Å². The predicted molar refractivity (Wildman–Crippen MR) is 204 cm³/mol. The summed E-state index contributed by atoms with van der Waals surface area (Å²) < 4.78 is 28.8. The zero-order chi connectivity index (χ0) is 41.4. The van der Waals surface area contributed by atoms with Crippen LogP contribution in [0, 0.1) is 0 Å². The zero-order valence-electron chi connectivity index (χ0n) is 32.2. The molecule has 2 saturated heterocycles. The molecule has 0 spiro atoms. The summed E-state index contributed by atoms with van der Waals surface area (Å²) in [5.74, 6) is -3.19. The first kappa shape index (κ1) is 44.4.